The highest BCUT2D eigenvalue weighted by atomic mass is 35.5. The Morgan fingerprint density at radius 1 is 0.957 bits per heavy atom. The van der Waals surface area contributed by atoms with Crippen molar-refractivity contribution >= 4 is 64.3 Å². The highest BCUT2D eigenvalue weighted by Crippen LogP contribution is 2.30. The monoisotopic (exact) mass is 385 g/mol. The quantitative estimate of drug-likeness (QED) is 0.494. The van der Waals surface area contributed by atoms with E-state index in [1.165, 1.54) is 0 Å². The molecule has 0 N–H and O–H groups in total. The molecule has 0 fully saturated rings. The van der Waals surface area contributed by atoms with Gasteiger partial charge >= 0.3 is 5.97 Å². The molecule has 7 heteroatoms. The number of rotatable bonds is 2. The Kier molecular flexibility index (Phi) is 4.64. The summed E-state index contributed by atoms with van der Waals surface area (Å²) >= 11 is 23.9. The van der Waals surface area contributed by atoms with Gasteiger partial charge in [-0.2, -0.15) is 0 Å². The van der Waals surface area contributed by atoms with Gasteiger partial charge in [0.15, 0.2) is 5.70 Å². The lowest BCUT2D eigenvalue weighted by atomic mass is 10.2. The van der Waals surface area contributed by atoms with Crippen molar-refractivity contribution in [3.8, 4) is 0 Å². The van der Waals surface area contributed by atoms with Crippen molar-refractivity contribution < 1.29 is 9.53 Å². The van der Waals surface area contributed by atoms with E-state index in [4.69, 9.17) is 51.1 Å². The zero-order valence-corrected chi connectivity index (χ0v) is 14.3. The highest BCUT2D eigenvalue weighted by molar-refractivity contribution is 6.44. The molecule has 0 bridgehead atoms. The largest absolute Gasteiger partial charge is 0.402 e. The van der Waals surface area contributed by atoms with Gasteiger partial charge < -0.3 is 4.74 Å². The van der Waals surface area contributed by atoms with Gasteiger partial charge in [0.2, 0.25) is 5.90 Å². The number of halogens is 4. The van der Waals surface area contributed by atoms with Gasteiger partial charge in [0, 0.05) is 0 Å². The Morgan fingerprint density at radius 2 is 1.74 bits per heavy atom. The number of hydrogen-bond acceptors (Lipinski definition) is 3. The van der Waals surface area contributed by atoms with Crippen LogP contribution in [-0.2, 0) is 9.53 Å². The minimum atomic E-state index is -0.581. The molecule has 1 aliphatic heterocycles. The fourth-order valence-electron chi connectivity index (χ4n) is 1.95. The number of benzene rings is 2. The van der Waals surface area contributed by atoms with Crippen LogP contribution >= 0.6 is 46.4 Å². The second kappa shape index (κ2) is 6.54. The minimum Gasteiger partial charge on any atom is -0.402 e. The zero-order valence-electron chi connectivity index (χ0n) is 11.3. The molecule has 0 amide bonds. The fraction of sp³-hybridized carbons (Fsp3) is 0. The fourth-order valence-corrected chi connectivity index (χ4v) is 2.64. The smallest absolute Gasteiger partial charge is 0.363 e. The second-order valence-electron chi connectivity index (χ2n) is 4.61. The normalized spacial score (nSPS) is 15.7. The number of nitrogens with zero attached hydrogens (tertiary/aromatic N) is 1. The van der Waals surface area contributed by atoms with E-state index in [0.29, 0.717) is 26.2 Å². The van der Waals surface area contributed by atoms with Crippen LogP contribution < -0.4 is 0 Å². The number of hydrogen-bond donors (Lipinski definition) is 0. The first-order chi connectivity index (χ1) is 11.0. The molecule has 2 aromatic rings. The Morgan fingerprint density at radius 3 is 2.48 bits per heavy atom. The average molecular weight is 387 g/mol. The van der Waals surface area contributed by atoms with Gasteiger partial charge in [0.05, 0.1) is 25.7 Å². The summed E-state index contributed by atoms with van der Waals surface area (Å²) in [5.74, 6) is -0.476. The molecule has 0 aliphatic carbocycles. The number of esters is 1. The van der Waals surface area contributed by atoms with Crippen LogP contribution in [0.2, 0.25) is 20.1 Å². The Labute approximate surface area is 152 Å². The molecule has 0 unspecified atom stereocenters. The van der Waals surface area contributed by atoms with Gasteiger partial charge in [-0.1, -0.05) is 58.5 Å². The molecule has 0 aromatic heterocycles. The molecular formula is C16H7Cl4NO2. The van der Waals surface area contributed by atoms with Gasteiger partial charge in [-0.25, -0.2) is 9.79 Å². The van der Waals surface area contributed by atoms with E-state index >= 15 is 0 Å². The molecule has 3 nitrogen and oxygen atoms in total. The average Bonchev–Trinajstić information content (AvgIpc) is 2.87. The number of carbonyl (C=O) groups excluding carboxylic acids is 1. The minimum absolute atomic E-state index is 0.105. The van der Waals surface area contributed by atoms with Crippen LogP contribution in [0.15, 0.2) is 47.1 Å². The van der Waals surface area contributed by atoms with Crippen LogP contribution in [0.25, 0.3) is 6.08 Å². The summed E-state index contributed by atoms with van der Waals surface area (Å²) in [5.41, 5.74) is 1.26. The van der Waals surface area contributed by atoms with E-state index in [-0.39, 0.29) is 16.6 Å². The maximum Gasteiger partial charge on any atom is 0.363 e. The summed E-state index contributed by atoms with van der Waals surface area (Å²) in [6.45, 7) is 0. The molecule has 0 radical (unpaired) electrons. The third kappa shape index (κ3) is 3.38. The maximum absolute atomic E-state index is 12.0. The van der Waals surface area contributed by atoms with Crippen molar-refractivity contribution in [2.75, 3.05) is 0 Å². The SMILES string of the molecule is O=C1OC(c2cccc(Cl)c2Cl)=NC1=Cc1ccc(Cl)c(Cl)c1. The Balaban J connectivity index is 1.99. The lowest BCUT2D eigenvalue weighted by Crippen LogP contribution is -2.06. The first kappa shape index (κ1) is 16.3. The van der Waals surface area contributed by atoms with Gasteiger partial charge in [0.25, 0.3) is 0 Å². The lowest BCUT2D eigenvalue weighted by molar-refractivity contribution is -0.129. The van der Waals surface area contributed by atoms with E-state index in [1.54, 1.807) is 42.5 Å². The molecule has 1 aliphatic rings. The summed E-state index contributed by atoms with van der Waals surface area (Å²) in [6, 6.07) is 9.98. The first-order valence-corrected chi connectivity index (χ1v) is 7.89. The zero-order chi connectivity index (χ0) is 16.6. The summed E-state index contributed by atoms with van der Waals surface area (Å²) in [4.78, 5) is 16.1. The molecule has 116 valence electrons. The van der Waals surface area contributed by atoms with Crippen molar-refractivity contribution in [3.05, 3.63) is 73.3 Å². The molecule has 0 saturated heterocycles. The molecule has 1 heterocycles. The van der Waals surface area contributed by atoms with Crippen LogP contribution in [0.1, 0.15) is 11.1 Å². The number of aliphatic imine (C=N–C) groups is 1. The van der Waals surface area contributed by atoms with Gasteiger partial charge in [-0.15, -0.1) is 0 Å². The standard InChI is InChI=1S/C16H7Cl4NO2/c17-10-5-4-8(6-12(10)19)7-13-16(22)23-15(21-13)9-2-1-3-11(18)14(9)20/h1-7H. The summed E-state index contributed by atoms with van der Waals surface area (Å²) in [5, 5.41) is 1.44. The highest BCUT2D eigenvalue weighted by Gasteiger charge is 2.26. The summed E-state index contributed by atoms with van der Waals surface area (Å²) in [6.07, 6.45) is 1.55. The van der Waals surface area contributed by atoms with Crippen LogP contribution in [0.4, 0.5) is 0 Å². The van der Waals surface area contributed by atoms with Crippen LogP contribution in [0, 0.1) is 0 Å². The predicted molar refractivity (Wildman–Crippen MR) is 93.5 cm³/mol. The molecule has 0 atom stereocenters. The number of cyclic esters (lactones) is 1. The van der Waals surface area contributed by atoms with Crippen LogP contribution in [0.3, 0.4) is 0 Å². The third-order valence-electron chi connectivity index (χ3n) is 3.05. The molecule has 3 rings (SSSR count). The number of carbonyl (C=O) groups is 1. The van der Waals surface area contributed by atoms with Crippen LogP contribution in [0.5, 0.6) is 0 Å². The molecule has 0 saturated carbocycles. The van der Waals surface area contributed by atoms with Crippen molar-refractivity contribution in [2.45, 2.75) is 0 Å². The van der Waals surface area contributed by atoms with E-state index < -0.39 is 5.97 Å². The van der Waals surface area contributed by atoms with E-state index in [9.17, 15) is 4.79 Å². The van der Waals surface area contributed by atoms with E-state index in [2.05, 4.69) is 4.99 Å². The predicted octanol–water partition coefficient (Wildman–Crippen LogP) is 5.64. The first-order valence-electron chi connectivity index (χ1n) is 6.37. The van der Waals surface area contributed by atoms with E-state index in [0.717, 1.165) is 0 Å². The van der Waals surface area contributed by atoms with Gasteiger partial charge in [-0.3, -0.25) is 0 Å². The van der Waals surface area contributed by atoms with Crippen molar-refractivity contribution in [1.29, 1.82) is 0 Å². The van der Waals surface area contributed by atoms with Crippen molar-refractivity contribution in [1.82, 2.24) is 0 Å². The molecule has 0 spiro atoms. The van der Waals surface area contributed by atoms with Gasteiger partial charge in [0.1, 0.15) is 0 Å². The maximum atomic E-state index is 12.0. The van der Waals surface area contributed by atoms with Crippen molar-refractivity contribution in [3.63, 3.8) is 0 Å². The topological polar surface area (TPSA) is 38.7 Å². The molecule has 23 heavy (non-hydrogen) atoms. The van der Waals surface area contributed by atoms with E-state index in [1.807, 2.05) is 0 Å². The Bertz CT molecular complexity index is 874. The van der Waals surface area contributed by atoms with Gasteiger partial charge in [-0.05, 0) is 35.9 Å². The third-order valence-corrected chi connectivity index (χ3v) is 4.61. The second-order valence-corrected chi connectivity index (χ2v) is 6.21. The summed E-state index contributed by atoms with van der Waals surface area (Å²) < 4.78 is 5.16. The molecular weight excluding hydrogens is 380 g/mol. The lowest BCUT2D eigenvalue weighted by Gasteiger charge is -2.03. The Hall–Kier alpha value is -1.52. The van der Waals surface area contributed by atoms with Crippen LogP contribution in [-0.4, -0.2) is 11.9 Å². The summed E-state index contributed by atoms with van der Waals surface area (Å²) in [7, 11) is 0. The number of ether oxygens (including phenoxy) is 1. The van der Waals surface area contributed by atoms with Crippen molar-refractivity contribution in [2.24, 2.45) is 4.99 Å². The molecule has 2 aromatic carbocycles.